The van der Waals surface area contributed by atoms with Crippen LogP contribution in [0.3, 0.4) is 0 Å². The lowest BCUT2D eigenvalue weighted by Gasteiger charge is -2.36. The molecule has 2 rings (SSSR count). The maximum absolute atomic E-state index is 11.4. The summed E-state index contributed by atoms with van der Waals surface area (Å²) in [6, 6.07) is 0.405. The molecular formula is C8H18Cl2N2O2S. The van der Waals surface area contributed by atoms with E-state index >= 15 is 0 Å². The van der Waals surface area contributed by atoms with E-state index in [1.165, 1.54) is 0 Å². The highest BCUT2D eigenvalue weighted by Crippen LogP contribution is 2.20. The molecule has 0 radical (unpaired) electrons. The summed E-state index contributed by atoms with van der Waals surface area (Å²) in [6.45, 7) is 4.95. The Morgan fingerprint density at radius 3 is 2.60 bits per heavy atom. The lowest BCUT2D eigenvalue weighted by molar-refractivity contribution is 0.157. The van der Waals surface area contributed by atoms with Crippen molar-refractivity contribution in [2.45, 2.75) is 19.0 Å². The third-order valence-electron chi connectivity index (χ3n) is 3.00. The van der Waals surface area contributed by atoms with Gasteiger partial charge in [-0.25, -0.2) is 8.42 Å². The van der Waals surface area contributed by atoms with Gasteiger partial charge in [0, 0.05) is 25.2 Å². The Bertz CT molecular complexity index is 297. The van der Waals surface area contributed by atoms with Gasteiger partial charge in [-0.3, -0.25) is 4.90 Å². The molecule has 2 atom stereocenters. The molecule has 2 aliphatic rings. The zero-order valence-corrected chi connectivity index (χ0v) is 11.1. The molecule has 4 nitrogen and oxygen atoms in total. The number of hydrogen-bond donors (Lipinski definition) is 1. The molecule has 2 aliphatic heterocycles. The molecule has 0 aromatic carbocycles. The topological polar surface area (TPSA) is 49.4 Å². The van der Waals surface area contributed by atoms with Crippen molar-refractivity contribution in [2.24, 2.45) is 0 Å². The number of nitrogens with zero attached hydrogens (tertiary/aromatic N) is 1. The van der Waals surface area contributed by atoms with Crippen LogP contribution in [0.15, 0.2) is 0 Å². The third-order valence-corrected chi connectivity index (χ3v) is 4.72. The SMILES string of the molecule is CCN1CCN[C@H]2CS(=O)(=O)C[C@H]21.Cl.Cl. The van der Waals surface area contributed by atoms with Crippen LogP contribution in [0.25, 0.3) is 0 Å². The number of hydrogen-bond acceptors (Lipinski definition) is 4. The first-order chi connectivity index (χ1) is 6.12. The first kappa shape index (κ1) is 15.4. The summed E-state index contributed by atoms with van der Waals surface area (Å²) < 4.78 is 22.8. The van der Waals surface area contributed by atoms with Gasteiger partial charge >= 0.3 is 0 Å². The molecule has 7 heteroatoms. The molecular weight excluding hydrogens is 259 g/mol. The van der Waals surface area contributed by atoms with E-state index in [1.807, 2.05) is 0 Å². The van der Waals surface area contributed by atoms with Crippen molar-refractivity contribution in [3.8, 4) is 0 Å². The minimum absolute atomic E-state index is 0. The molecule has 0 amide bonds. The number of likely N-dealkylation sites (N-methyl/N-ethyl adjacent to an activating group) is 1. The Morgan fingerprint density at radius 1 is 1.33 bits per heavy atom. The highest BCUT2D eigenvalue weighted by molar-refractivity contribution is 7.91. The van der Waals surface area contributed by atoms with Gasteiger partial charge in [-0.1, -0.05) is 6.92 Å². The Hall–Kier alpha value is 0.450. The zero-order valence-electron chi connectivity index (χ0n) is 8.68. The number of nitrogens with one attached hydrogen (secondary N) is 1. The zero-order chi connectivity index (χ0) is 9.47. The highest BCUT2D eigenvalue weighted by atomic mass is 35.5. The van der Waals surface area contributed by atoms with Crippen LogP contribution in [0.1, 0.15) is 6.92 Å². The van der Waals surface area contributed by atoms with Crippen LogP contribution in [-0.4, -0.2) is 56.5 Å². The van der Waals surface area contributed by atoms with Crippen LogP contribution in [0.4, 0.5) is 0 Å². The van der Waals surface area contributed by atoms with Gasteiger partial charge in [-0.05, 0) is 6.54 Å². The summed E-state index contributed by atoms with van der Waals surface area (Å²) in [5.74, 6) is 0.673. The fourth-order valence-corrected chi connectivity index (χ4v) is 4.32. The molecule has 0 aromatic rings. The Morgan fingerprint density at radius 2 is 2.00 bits per heavy atom. The smallest absolute Gasteiger partial charge is 0.153 e. The molecule has 0 aliphatic carbocycles. The molecule has 15 heavy (non-hydrogen) atoms. The quantitative estimate of drug-likeness (QED) is 0.728. The average molecular weight is 277 g/mol. The summed E-state index contributed by atoms with van der Waals surface area (Å²) in [5.41, 5.74) is 0. The number of piperazine rings is 1. The van der Waals surface area contributed by atoms with Gasteiger partial charge < -0.3 is 5.32 Å². The minimum Gasteiger partial charge on any atom is -0.310 e. The van der Waals surface area contributed by atoms with Crippen LogP contribution < -0.4 is 5.32 Å². The molecule has 0 bridgehead atoms. The van der Waals surface area contributed by atoms with Gasteiger partial charge in [-0.2, -0.15) is 0 Å². The van der Waals surface area contributed by atoms with Gasteiger partial charge in [0.2, 0.25) is 0 Å². The Balaban J connectivity index is 0.000000980. The van der Waals surface area contributed by atoms with Gasteiger partial charge in [0.25, 0.3) is 0 Å². The summed E-state index contributed by atoms with van der Waals surface area (Å²) in [7, 11) is -2.78. The summed E-state index contributed by atoms with van der Waals surface area (Å²) >= 11 is 0. The molecule has 92 valence electrons. The molecule has 2 heterocycles. The molecule has 0 aromatic heterocycles. The van der Waals surface area contributed by atoms with E-state index in [0.29, 0.717) is 11.5 Å². The minimum atomic E-state index is -2.78. The molecule has 0 saturated carbocycles. The van der Waals surface area contributed by atoms with Crippen molar-refractivity contribution in [1.29, 1.82) is 0 Å². The van der Waals surface area contributed by atoms with E-state index in [4.69, 9.17) is 0 Å². The second kappa shape index (κ2) is 5.68. The van der Waals surface area contributed by atoms with Crippen LogP contribution >= 0.6 is 24.8 Å². The summed E-state index contributed by atoms with van der Waals surface area (Å²) in [5, 5.41) is 3.28. The normalized spacial score (nSPS) is 33.7. The van der Waals surface area contributed by atoms with Crippen molar-refractivity contribution >= 4 is 34.7 Å². The van der Waals surface area contributed by atoms with Crippen molar-refractivity contribution < 1.29 is 8.42 Å². The third kappa shape index (κ3) is 3.20. The lowest BCUT2D eigenvalue weighted by Crippen LogP contribution is -2.57. The summed E-state index contributed by atoms with van der Waals surface area (Å²) in [6.07, 6.45) is 0. The molecule has 2 saturated heterocycles. The largest absolute Gasteiger partial charge is 0.310 e. The number of halogens is 2. The fourth-order valence-electron chi connectivity index (χ4n) is 2.34. The van der Waals surface area contributed by atoms with Gasteiger partial charge in [-0.15, -0.1) is 24.8 Å². The molecule has 0 unspecified atom stereocenters. The van der Waals surface area contributed by atoms with E-state index in [0.717, 1.165) is 19.6 Å². The first-order valence-electron chi connectivity index (χ1n) is 4.80. The standard InChI is InChI=1S/C8H16N2O2S.2ClH/c1-2-10-4-3-9-7-5-13(11,12)6-8(7)10;;/h7-9H,2-6H2,1H3;2*1H/t7-,8+;;/m0../s1. The summed E-state index contributed by atoms with van der Waals surface area (Å²) in [4.78, 5) is 2.27. The predicted octanol–water partition coefficient (Wildman–Crippen LogP) is -0.0793. The van der Waals surface area contributed by atoms with E-state index in [-0.39, 0.29) is 36.9 Å². The molecule has 1 N–H and O–H groups in total. The Labute approximate surface area is 104 Å². The van der Waals surface area contributed by atoms with Crippen molar-refractivity contribution in [3.05, 3.63) is 0 Å². The highest BCUT2D eigenvalue weighted by Gasteiger charge is 2.41. The van der Waals surface area contributed by atoms with E-state index in [9.17, 15) is 8.42 Å². The molecule has 2 fully saturated rings. The Kier molecular flexibility index (Phi) is 5.85. The van der Waals surface area contributed by atoms with Crippen LogP contribution in [0.2, 0.25) is 0 Å². The van der Waals surface area contributed by atoms with Gasteiger partial charge in [0.15, 0.2) is 9.84 Å². The van der Waals surface area contributed by atoms with E-state index < -0.39 is 9.84 Å². The van der Waals surface area contributed by atoms with Crippen LogP contribution in [0.5, 0.6) is 0 Å². The number of sulfone groups is 1. The first-order valence-corrected chi connectivity index (χ1v) is 6.62. The second-order valence-electron chi connectivity index (χ2n) is 3.83. The van der Waals surface area contributed by atoms with Crippen LogP contribution in [0, 0.1) is 0 Å². The van der Waals surface area contributed by atoms with Crippen molar-refractivity contribution in [1.82, 2.24) is 10.2 Å². The number of rotatable bonds is 1. The predicted molar refractivity (Wildman–Crippen MR) is 66.0 cm³/mol. The number of fused-ring (bicyclic) bond motifs is 1. The van der Waals surface area contributed by atoms with E-state index in [2.05, 4.69) is 17.1 Å². The van der Waals surface area contributed by atoms with Crippen LogP contribution in [-0.2, 0) is 9.84 Å². The lowest BCUT2D eigenvalue weighted by atomic mass is 10.1. The monoisotopic (exact) mass is 276 g/mol. The van der Waals surface area contributed by atoms with E-state index in [1.54, 1.807) is 0 Å². The fraction of sp³-hybridized carbons (Fsp3) is 1.00. The van der Waals surface area contributed by atoms with Gasteiger partial charge in [0.05, 0.1) is 11.5 Å². The second-order valence-corrected chi connectivity index (χ2v) is 5.99. The maximum Gasteiger partial charge on any atom is 0.153 e. The maximum atomic E-state index is 11.4. The molecule has 0 spiro atoms. The average Bonchev–Trinajstić information content (AvgIpc) is 2.37. The van der Waals surface area contributed by atoms with Gasteiger partial charge in [0.1, 0.15) is 0 Å². The van der Waals surface area contributed by atoms with Crippen molar-refractivity contribution in [2.75, 3.05) is 31.1 Å². The van der Waals surface area contributed by atoms with Crippen molar-refractivity contribution in [3.63, 3.8) is 0 Å².